The summed E-state index contributed by atoms with van der Waals surface area (Å²) in [6.07, 6.45) is 0. The first-order chi connectivity index (χ1) is 14.3. The van der Waals surface area contributed by atoms with E-state index in [1.54, 1.807) is 0 Å². The molecule has 1 N–H and O–H groups in total. The minimum Gasteiger partial charge on any atom is -0.348 e. The molecule has 1 aliphatic heterocycles. The molecule has 2 aromatic rings. The van der Waals surface area contributed by atoms with E-state index in [2.05, 4.69) is 29.0 Å². The number of piperazine rings is 1. The van der Waals surface area contributed by atoms with Crippen LogP contribution >= 0.6 is 23.2 Å². The maximum atomic E-state index is 12.7. The van der Waals surface area contributed by atoms with E-state index in [4.69, 9.17) is 23.2 Å². The second-order valence-electron chi connectivity index (χ2n) is 8.48. The number of amides is 1. The number of benzene rings is 2. The van der Waals surface area contributed by atoms with Gasteiger partial charge in [0.25, 0.3) is 5.91 Å². The predicted molar refractivity (Wildman–Crippen MR) is 125 cm³/mol. The normalized spacial score (nSPS) is 16.6. The number of nitrogens with one attached hydrogen (secondary N) is 1. The van der Waals surface area contributed by atoms with Crippen LogP contribution in [0.25, 0.3) is 0 Å². The zero-order valence-electron chi connectivity index (χ0n) is 18.0. The molecule has 0 bridgehead atoms. The van der Waals surface area contributed by atoms with Gasteiger partial charge in [0.2, 0.25) is 0 Å². The van der Waals surface area contributed by atoms with E-state index in [1.165, 1.54) is 0 Å². The zero-order valence-corrected chi connectivity index (χ0v) is 19.5. The summed E-state index contributed by atoms with van der Waals surface area (Å²) in [5, 5.41) is 4.50. The molecule has 0 radical (unpaired) electrons. The average Bonchev–Trinajstić information content (AvgIpc) is 2.72. The largest absolute Gasteiger partial charge is 0.348 e. The highest BCUT2D eigenvalue weighted by atomic mass is 35.5. The Morgan fingerprint density at radius 1 is 1.00 bits per heavy atom. The molecule has 2 aromatic carbocycles. The summed E-state index contributed by atoms with van der Waals surface area (Å²) < 4.78 is 0. The van der Waals surface area contributed by atoms with Crippen molar-refractivity contribution in [3.63, 3.8) is 0 Å². The molecular formula is C24H31Cl2N3O. The third-order valence-corrected chi connectivity index (χ3v) is 6.64. The fourth-order valence-electron chi connectivity index (χ4n) is 3.70. The molecule has 3 rings (SSSR count). The van der Waals surface area contributed by atoms with E-state index in [1.807, 2.05) is 49.4 Å². The van der Waals surface area contributed by atoms with Crippen LogP contribution in [0, 0.1) is 12.8 Å². The lowest BCUT2D eigenvalue weighted by Gasteiger charge is -2.37. The third kappa shape index (κ3) is 6.21. The van der Waals surface area contributed by atoms with Gasteiger partial charge in [-0.3, -0.25) is 14.6 Å². The predicted octanol–water partition coefficient (Wildman–Crippen LogP) is 4.87. The lowest BCUT2D eigenvalue weighted by atomic mass is 10.0. The molecule has 1 unspecified atom stereocenters. The van der Waals surface area contributed by atoms with Crippen LogP contribution in [-0.4, -0.2) is 54.5 Å². The highest BCUT2D eigenvalue weighted by Crippen LogP contribution is 2.26. The molecule has 1 saturated heterocycles. The van der Waals surface area contributed by atoms with Gasteiger partial charge >= 0.3 is 0 Å². The summed E-state index contributed by atoms with van der Waals surface area (Å²) in [6.45, 7) is 11.9. The van der Waals surface area contributed by atoms with Crippen molar-refractivity contribution in [3.05, 3.63) is 69.2 Å². The highest BCUT2D eigenvalue weighted by Gasteiger charge is 2.24. The Kier molecular flexibility index (Phi) is 8.18. The first kappa shape index (κ1) is 23.1. The Hall–Kier alpha value is -1.59. The number of aryl methyl sites for hydroxylation is 1. The summed E-state index contributed by atoms with van der Waals surface area (Å²) >= 11 is 12.5. The summed E-state index contributed by atoms with van der Waals surface area (Å²) in [6, 6.07) is 13.7. The van der Waals surface area contributed by atoms with Gasteiger partial charge in [0.1, 0.15) is 0 Å². The quantitative estimate of drug-likeness (QED) is 0.656. The van der Waals surface area contributed by atoms with Crippen LogP contribution in [0.15, 0.2) is 42.5 Å². The van der Waals surface area contributed by atoms with Gasteiger partial charge < -0.3 is 5.32 Å². The number of hydrogen-bond donors (Lipinski definition) is 1. The zero-order chi connectivity index (χ0) is 21.7. The Labute approximate surface area is 190 Å². The number of halogens is 2. The van der Waals surface area contributed by atoms with Crippen molar-refractivity contribution in [2.45, 2.75) is 33.4 Å². The Morgan fingerprint density at radius 3 is 2.27 bits per heavy atom. The van der Waals surface area contributed by atoms with Crippen molar-refractivity contribution in [2.75, 3.05) is 32.7 Å². The van der Waals surface area contributed by atoms with E-state index in [0.29, 0.717) is 16.0 Å². The maximum Gasteiger partial charge on any atom is 0.251 e. The molecule has 1 aliphatic rings. The molecule has 0 spiro atoms. The number of rotatable bonds is 7. The molecule has 0 saturated carbocycles. The van der Waals surface area contributed by atoms with Crippen molar-refractivity contribution in [2.24, 2.45) is 5.92 Å². The summed E-state index contributed by atoms with van der Waals surface area (Å²) in [5.74, 6) is 0.366. The number of nitrogens with zero attached hydrogens (tertiary/aromatic N) is 2. The fraction of sp³-hybridized carbons (Fsp3) is 0.458. The molecule has 1 atom stereocenters. The standard InChI is InChI=1S/C24H31Cl2N3O/c1-17(2)22(27-24(30)19-9-7-18(3)8-10-19)16-29-13-11-28(12-14-29)15-20-5-4-6-21(25)23(20)26/h4-10,17,22H,11-16H2,1-3H3,(H,27,30). The lowest BCUT2D eigenvalue weighted by molar-refractivity contribution is 0.0862. The van der Waals surface area contributed by atoms with Crippen LogP contribution in [0.5, 0.6) is 0 Å². The van der Waals surface area contributed by atoms with Crippen LogP contribution in [0.4, 0.5) is 0 Å². The highest BCUT2D eigenvalue weighted by molar-refractivity contribution is 6.42. The minimum absolute atomic E-state index is 0.00272. The van der Waals surface area contributed by atoms with Gasteiger partial charge in [0.15, 0.2) is 0 Å². The fourth-order valence-corrected chi connectivity index (χ4v) is 4.08. The molecule has 0 aromatic heterocycles. The molecule has 30 heavy (non-hydrogen) atoms. The Morgan fingerprint density at radius 2 is 1.63 bits per heavy atom. The molecule has 1 heterocycles. The third-order valence-electron chi connectivity index (χ3n) is 5.78. The van der Waals surface area contributed by atoms with Gasteiger partial charge in [-0.1, -0.05) is 66.9 Å². The molecule has 0 aliphatic carbocycles. The molecule has 1 fully saturated rings. The van der Waals surface area contributed by atoms with E-state index in [9.17, 15) is 4.79 Å². The molecule has 162 valence electrons. The lowest BCUT2D eigenvalue weighted by Crippen LogP contribution is -2.52. The van der Waals surface area contributed by atoms with Gasteiger partial charge in [0, 0.05) is 50.9 Å². The van der Waals surface area contributed by atoms with Gasteiger partial charge in [-0.05, 0) is 36.6 Å². The van der Waals surface area contributed by atoms with Crippen molar-refractivity contribution in [1.82, 2.24) is 15.1 Å². The maximum absolute atomic E-state index is 12.7. The van der Waals surface area contributed by atoms with Gasteiger partial charge in [-0.15, -0.1) is 0 Å². The van der Waals surface area contributed by atoms with E-state index in [0.717, 1.165) is 56.0 Å². The van der Waals surface area contributed by atoms with Gasteiger partial charge in [-0.2, -0.15) is 0 Å². The van der Waals surface area contributed by atoms with Gasteiger partial charge in [-0.25, -0.2) is 0 Å². The number of carbonyl (C=O) groups excluding carboxylic acids is 1. The monoisotopic (exact) mass is 447 g/mol. The minimum atomic E-state index is 0.00272. The smallest absolute Gasteiger partial charge is 0.251 e. The molecule has 4 nitrogen and oxygen atoms in total. The summed E-state index contributed by atoms with van der Waals surface area (Å²) in [7, 11) is 0. The van der Waals surface area contributed by atoms with Crippen molar-refractivity contribution in [1.29, 1.82) is 0 Å². The number of hydrogen-bond acceptors (Lipinski definition) is 3. The summed E-state index contributed by atoms with van der Waals surface area (Å²) in [5.41, 5.74) is 2.95. The van der Waals surface area contributed by atoms with E-state index < -0.39 is 0 Å². The van der Waals surface area contributed by atoms with Crippen LogP contribution < -0.4 is 5.32 Å². The van der Waals surface area contributed by atoms with E-state index in [-0.39, 0.29) is 11.9 Å². The van der Waals surface area contributed by atoms with Crippen LogP contribution in [0.3, 0.4) is 0 Å². The van der Waals surface area contributed by atoms with Crippen LogP contribution in [-0.2, 0) is 6.54 Å². The van der Waals surface area contributed by atoms with E-state index >= 15 is 0 Å². The first-order valence-corrected chi connectivity index (χ1v) is 11.3. The van der Waals surface area contributed by atoms with Crippen LogP contribution in [0.1, 0.15) is 35.3 Å². The van der Waals surface area contributed by atoms with Gasteiger partial charge in [0.05, 0.1) is 10.0 Å². The van der Waals surface area contributed by atoms with Crippen molar-refractivity contribution < 1.29 is 4.79 Å². The molecule has 1 amide bonds. The van der Waals surface area contributed by atoms with Crippen LogP contribution in [0.2, 0.25) is 10.0 Å². The average molecular weight is 448 g/mol. The van der Waals surface area contributed by atoms with Crippen molar-refractivity contribution >= 4 is 29.1 Å². The second-order valence-corrected chi connectivity index (χ2v) is 9.26. The topological polar surface area (TPSA) is 35.6 Å². The SMILES string of the molecule is Cc1ccc(C(=O)NC(CN2CCN(Cc3cccc(Cl)c3Cl)CC2)C(C)C)cc1. The Balaban J connectivity index is 1.52. The second kappa shape index (κ2) is 10.6. The molecular weight excluding hydrogens is 417 g/mol. The van der Waals surface area contributed by atoms with Crippen molar-refractivity contribution in [3.8, 4) is 0 Å². The summed E-state index contributed by atoms with van der Waals surface area (Å²) in [4.78, 5) is 17.5. The Bertz CT molecular complexity index is 846. The molecule has 6 heteroatoms. The first-order valence-electron chi connectivity index (χ1n) is 10.6. The number of carbonyl (C=O) groups is 1.